The molecule has 2 saturated heterocycles. The van der Waals surface area contributed by atoms with Crippen molar-refractivity contribution in [3.8, 4) is 11.3 Å². The Labute approximate surface area is 225 Å². The van der Waals surface area contributed by atoms with Gasteiger partial charge < -0.3 is 14.5 Å². The summed E-state index contributed by atoms with van der Waals surface area (Å²) in [5.41, 5.74) is 2.97. The zero-order valence-corrected chi connectivity index (χ0v) is 22.4. The lowest BCUT2D eigenvalue weighted by atomic mass is 10.1. The molecule has 2 aromatic carbocycles. The van der Waals surface area contributed by atoms with Gasteiger partial charge in [-0.2, -0.15) is 4.31 Å². The number of hydrogen-bond donors (Lipinski definition) is 0. The molecule has 1 aromatic heterocycles. The highest BCUT2D eigenvalue weighted by atomic mass is 35.5. The molecular formula is C24H24Cl3N5O3S. The van der Waals surface area contributed by atoms with Crippen LogP contribution < -0.4 is 9.80 Å². The van der Waals surface area contributed by atoms with Crippen molar-refractivity contribution < 1.29 is 13.2 Å². The van der Waals surface area contributed by atoms with Crippen LogP contribution in [-0.4, -0.2) is 75.2 Å². The van der Waals surface area contributed by atoms with Crippen LogP contribution in [0.5, 0.6) is 0 Å². The number of ether oxygens (including phenoxy) is 1. The Morgan fingerprint density at radius 2 is 1.44 bits per heavy atom. The molecule has 3 heterocycles. The molecule has 0 atom stereocenters. The predicted molar refractivity (Wildman–Crippen MR) is 143 cm³/mol. The van der Waals surface area contributed by atoms with Crippen LogP contribution in [0.25, 0.3) is 11.3 Å². The number of sulfonamides is 1. The van der Waals surface area contributed by atoms with Crippen molar-refractivity contribution in [3.05, 3.63) is 63.7 Å². The van der Waals surface area contributed by atoms with Gasteiger partial charge in [-0.15, -0.1) is 0 Å². The molecular weight excluding hydrogens is 545 g/mol. The lowest BCUT2D eigenvalue weighted by Crippen LogP contribution is -2.49. The Balaban J connectivity index is 1.27. The van der Waals surface area contributed by atoms with E-state index < -0.39 is 10.0 Å². The van der Waals surface area contributed by atoms with Crippen molar-refractivity contribution in [1.82, 2.24) is 14.3 Å². The fourth-order valence-corrected chi connectivity index (χ4v) is 6.69. The molecule has 2 aliphatic heterocycles. The molecule has 2 aliphatic rings. The number of aromatic nitrogens is 2. The minimum absolute atomic E-state index is 0.0440. The zero-order chi connectivity index (χ0) is 25.3. The number of nitrogens with zero attached hydrogens (tertiary/aromatic N) is 5. The van der Waals surface area contributed by atoms with Gasteiger partial charge in [-0.25, -0.2) is 18.4 Å². The predicted octanol–water partition coefficient (Wildman–Crippen LogP) is 4.45. The number of morpholine rings is 1. The monoisotopic (exact) mass is 567 g/mol. The number of piperazine rings is 1. The standard InChI is InChI=1S/C24H24Cl3N5O3S/c25-19-15-21(27)23(16-20(19)26)36(33,34)32-9-7-31(8-10-32)24-28-6-5-22(29-24)17-1-3-18(4-2-17)30-11-13-35-14-12-30/h1-6,15-16H,7-14H2. The van der Waals surface area contributed by atoms with Crippen molar-refractivity contribution in [2.45, 2.75) is 4.90 Å². The number of hydrogen-bond acceptors (Lipinski definition) is 7. The summed E-state index contributed by atoms with van der Waals surface area (Å²) in [6, 6.07) is 12.8. The van der Waals surface area contributed by atoms with Gasteiger partial charge in [-0.3, -0.25) is 0 Å². The van der Waals surface area contributed by atoms with Crippen molar-refractivity contribution >= 4 is 56.5 Å². The maximum atomic E-state index is 13.2. The second-order valence-electron chi connectivity index (χ2n) is 8.48. The molecule has 0 spiro atoms. The van der Waals surface area contributed by atoms with E-state index in [-0.39, 0.29) is 33.1 Å². The molecule has 2 fully saturated rings. The Morgan fingerprint density at radius 1 is 0.778 bits per heavy atom. The van der Waals surface area contributed by atoms with Crippen molar-refractivity contribution in [2.24, 2.45) is 0 Å². The highest BCUT2D eigenvalue weighted by Gasteiger charge is 2.31. The van der Waals surface area contributed by atoms with Gasteiger partial charge in [0.2, 0.25) is 16.0 Å². The van der Waals surface area contributed by atoms with Crippen LogP contribution in [0.3, 0.4) is 0 Å². The molecule has 5 rings (SSSR count). The van der Waals surface area contributed by atoms with E-state index in [2.05, 4.69) is 34.1 Å². The lowest BCUT2D eigenvalue weighted by Gasteiger charge is -2.34. The number of benzene rings is 2. The van der Waals surface area contributed by atoms with E-state index in [1.54, 1.807) is 6.20 Å². The number of rotatable bonds is 5. The summed E-state index contributed by atoms with van der Waals surface area (Å²) in [6.45, 7) is 4.67. The minimum atomic E-state index is -3.82. The van der Waals surface area contributed by atoms with Crippen LogP contribution >= 0.6 is 34.8 Å². The lowest BCUT2D eigenvalue weighted by molar-refractivity contribution is 0.122. The average Bonchev–Trinajstić information content (AvgIpc) is 2.91. The first-order chi connectivity index (χ1) is 17.3. The van der Waals surface area contributed by atoms with Crippen LogP contribution in [0.2, 0.25) is 15.1 Å². The molecule has 8 nitrogen and oxygen atoms in total. The van der Waals surface area contributed by atoms with Crippen molar-refractivity contribution in [1.29, 1.82) is 0 Å². The van der Waals surface area contributed by atoms with E-state index >= 15 is 0 Å². The smallest absolute Gasteiger partial charge is 0.244 e. The topological polar surface area (TPSA) is 78.9 Å². The normalized spacial score (nSPS) is 17.4. The van der Waals surface area contributed by atoms with Crippen molar-refractivity contribution in [3.63, 3.8) is 0 Å². The Kier molecular flexibility index (Phi) is 7.57. The third kappa shape index (κ3) is 5.27. The van der Waals surface area contributed by atoms with E-state index in [1.807, 2.05) is 11.0 Å². The molecule has 190 valence electrons. The second kappa shape index (κ2) is 10.7. The third-order valence-corrected chi connectivity index (χ3v) is 9.38. The van der Waals surface area contributed by atoms with Gasteiger partial charge in [-0.1, -0.05) is 46.9 Å². The maximum absolute atomic E-state index is 13.2. The summed E-state index contributed by atoms with van der Waals surface area (Å²) in [5.74, 6) is 0.564. The summed E-state index contributed by atoms with van der Waals surface area (Å²) in [5, 5.41) is 0.391. The highest BCUT2D eigenvalue weighted by Crippen LogP contribution is 2.33. The zero-order valence-electron chi connectivity index (χ0n) is 19.3. The SMILES string of the molecule is O=S(=O)(c1cc(Cl)c(Cl)cc1Cl)N1CCN(c2nccc(-c3ccc(N4CCOCC4)cc3)n2)CC1. The molecule has 0 bridgehead atoms. The van der Waals surface area contributed by atoms with Gasteiger partial charge in [0, 0.05) is 56.7 Å². The fraction of sp³-hybridized carbons (Fsp3) is 0.333. The fourth-order valence-electron chi connectivity index (χ4n) is 4.30. The molecule has 0 saturated carbocycles. The largest absolute Gasteiger partial charge is 0.378 e. The quantitative estimate of drug-likeness (QED) is 0.421. The summed E-state index contributed by atoms with van der Waals surface area (Å²) in [6.07, 6.45) is 1.73. The van der Waals surface area contributed by atoms with Crippen LogP contribution in [0, 0.1) is 0 Å². The van der Waals surface area contributed by atoms with Crippen LogP contribution in [0.15, 0.2) is 53.6 Å². The maximum Gasteiger partial charge on any atom is 0.244 e. The minimum Gasteiger partial charge on any atom is -0.378 e. The third-order valence-electron chi connectivity index (χ3n) is 6.30. The van der Waals surface area contributed by atoms with E-state index in [4.69, 9.17) is 44.5 Å². The molecule has 36 heavy (non-hydrogen) atoms. The van der Waals surface area contributed by atoms with E-state index in [0.717, 1.165) is 43.2 Å². The molecule has 0 aliphatic carbocycles. The molecule has 0 N–H and O–H groups in total. The first kappa shape index (κ1) is 25.5. The average molecular weight is 569 g/mol. The number of anilines is 2. The van der Waals surface area contributed by atoms with E-state index in [1.165, 1.54) is 16.4 Å². The van der Waals surface area contributed by atoms with Gasteiger partial charge >= 0.3 is 0 Å². The Hall–Kier alpha value is -2.14. The Bertz CT molecular complexity index is 1340. The highest BCUT2D eigenvalue weighted by molar-refractivity contribution is 7.89. The van der Waals surface area contributed by atoms with Gasteiger partial charge in [0.15, 0.2) is 0 Å². The second-order valence-corrected chi connectivity index (χ2v) is 11.6. The van der Waals surface area contributed by atoms with Crippen LogP contribution in [-0.2, 0) is 14.8 Å². The van der Waals surface area contributed by atoms with E-state index in [9.17, 15) is 8.42 Å². The molecule has 0 radical (unpaired) electrons. The summed E-state index contributed by atoms with van der Waals surface area (Å²) >= 11 is 18.2. The van der Waals surface area contributed by atoms with Crippen molar-refractivity contribution in [2.75, 3.05) is 62.3 Å². The summed E-state index contributed by atoms with van der Waals surface area (Å²) in [7, 11) is -3.82. The van der Waals surface area contributed by atoms with Crippen LogP contribution in [0.4, 0.5) is 11.6 Å². The molecule has 12 heteroatoms. The van der Waals surface area contributed by atoms with E-state index in [0.29, 0.717) is 19.0 Å². The van der Waals surface area contributed by atoms with Gasteiger partial charge in [-0.05, 0) is 30.3 Å². The van der Waals surface area contributed by atoms with Gasteiger partial charge in [0.1, 0.15) is 4.90 Å². The first-order valence-electron chi connectivity index (χ1n) is 11.5. The molecule has 0 amide bonds. The number of halogens is 3. The summed E-state index contributed by atoms with van der Waals surface area (Å²) in [4.78, 5) is 13.4. The molecule has 3 aromatic rings. The summed E-state index contributed by atoms with van der Waals surface area (Å²) < 4.78 is 33.2. The molecule has 0 unspecified atom stereocenters. The van der Waals surface area contributed by atoms with Crippen LogP contribution in [0.1, 0.15) is 0 Å². The first-order valence-corrected chi connectivity index (χ1v) is 14.1. The Morgan fingerprint density at radius 3 is 2.14 bits per heavy atom. The van der Waals surface area contributed by atoms with Gasteiger partial charge in [0.25, 0.3) is 0 Å². The van der Waals surface area contributed by atoms with Gasteiger partial charge in [0.05, 0.1) is 34.0 Å².